The van der Waals surface area contributed by atoms with Gasteiger partial charge in [-0.3, -0.25) is 4.79 Å². The highest BCUT2D eigenvalue weighted by Gasteiger charge is 2.32. The van der Waals surface area contributed by atoms with Crippen LogP contribution in [0.2, 0.25) is 0 Å². The lowest BCUT2D eigenvalue weighted by Gasteiger charge is -2.12. The Bertz CT molecular complexity index is 934. The van der Waals surface area contributed by atoms with Gasteiger partial charge in [0.05, 0.1) is 23.9 Å². The summed E-state index contributed by atoms with van der Waals surface area (Å²) >= 11 is 0. The molecule has 1 N–H and O–H groups in total. The zero-order chi connectivity index (χ0) is 17.2. The zero-order valence-electron chi connectivity index (χ0n) is 13.3. The molecule has 6 heteroatoms. The Kier molecular flexibility index (Phi) is 3.78. The van der Waals surface area contributed by atoms with Gasteiger partial charge in [-0.2, -0.15) is 5.10 Å². The van der Waals surface area contributed by atoms with E-state index in [9.17, 15) is 9.59 Å². The Morgan fingerprint density at radius 1 is 1.08 bits per heavy atom. The Hall–Kier alpha value is -3.41. The van der Waals surface area contributed by atoms with Gasteiger partial charge in [0.25, 0.3) is 0 Å². The van der Waals surface area contributed by atoms with Crippen LogP contribution in [0.15, 0.2) is 66.9 Å². The number of nitrogens with one attached hydrogen (secondary N) is 1. The average Bonchev–Trinajstić information content (AvgIpc) is 3.21. The number of hydrogen-bond acceptors (Lipinski definition) is 4. The Balaban J connectivity index is 1.50. The van der Waals surface area contributed by atoms with Gasteiger partial charge in [-0.25, -0.2) is 9.48 Å². The van der Waals surface area contributed by atoms with Crippen LogP contribution < -0.4 is 5.32 Å². The average molecular weight is 333 g/mol. The van der Waals surface area contributed by atoms with Gasteiger partial charge in [-0.1, -0.05) is 36.4 Å². The van der Waals surface area contributed by atoms with Crippen LogP contribution in [0.5, 0.6) is 0 Å². The summed E-state index contributed by atoms with van der Waals surface area (Å²) in [6, 6.07) is 18.4. The van der Waals surface area contributed by atoms with Crippen molar-refractivity contribution in [2.24, 2.45) is 0 Å². The molecule has 0 fully saturated rings. The van der Waals surface area contributed by atoms with Crippen LogP contribution in [-0.2, 0) is 9.53 Å². The zero-order valence-corrected chi connectivity index (χ0v) is 13.3. The van der Waals surface area contributed by atoms with Gasteiger partial charge in [-0.05, 0) is 18.2 Å². The first-order chi connectivity index (χ1) is 12.2. The van der Waals surface area contributed by atoms with Crippen LogP contribution in [0.25, 0.3) is 5.69 Å². The number of fused-ring (bicyclic) bond motifs is 1. The minimum atomic E-state index is -0.559. The third-order valence-corrected chi connectivity index (χ3v) is 4.06. The van der Waals surface area contributed by atoms with E-state index in [1.165, 1.54) is 0 Å². The molecule has 0 spiro atoms. The molecule has 2 aromatic carbocycles. The Morgan fingerprint density at radius 2 is 1.84 bits per heavy atom. The molecule has 0 bridgehead atoms. The lowest BCUT2D eigenvalue weighted by Crippen LogP contribution is -2.18. The number of nitrogens with zero attached hydrogens (tertiary/aromatic N) is 2. The largest absolute Gasteiger partial charge is 0.453 e. The minimum absolute atomic E-state index is 0.0583. The molecule has 3 aromatic rings. The van der Waals surface area contributed by atoms with Crippen LogP contribution in [0, 0.1) is 0 Å². The van der Waals surface area contributed by atoms with E-state index in [1.54, 1.807) is 29.1 Å². The number of esters is 1. The summed E-state index contributed by atoms with van der Waals surface area (Å²) in [5.41, 5.74) is 2.12. The van der Waals surface area contributed by atoms with Gasteiger partial charge < -0.3 is 10.1 Å². The van der Waals surface area contributed by atoms with E-state index in [0.29, 0.717) is 11.4 Å². The fourth-order valence-electron chi connectivity index (χ4n) is 2.91. The van der Waals surface area contributed by atoms with Crippen molar-refractivity contribution >= 4 is 17.7 Å². The molecule has 0 unspecified atom stereocenters. The molecule has 25 heavy (non-hydrogen) atoms. The minimum Gasteiger partial charge on any atom is -0.453 e. The summed E-state index contributed by atoms with van der Waals surface area (Å²) in [6.45, 7) is 0. The molecule has 4 rings (SSSR count). The van der Waals surface area contributed by atoms with Gasteiger partial charge in [-0.15, -0.1) is 0 Å². The number of carbonyl (C=O) groups is 2. The summed E-state index contributed by atoms with van der Waals surface area (Å²) in [5, 5.41) is 7.07. The molecule has 1 aliphatic heterocycles. The molecule has 124 valence electrons. The topological polar surface area (TPSA) is 73.2 Å². The molecular weight excluding hydrogens is 318 g/mol. The standard InChI is InChI=1S/C19H15N3O3/c23-18(12-16-14-8-4-5-9-15(14)19(24)25-16)21-17-10-11-20-22(17)13-6-2-1-3-7-13/h1-11,16H,12H2,(H,21,23)/t16-/m1/s1. The molecular formula is C19H15N3O3. The number of aromatic nitrogens is 2. The van der Waals surface area contributed by atoms with Crippen LogP contribution in [0.1, 0.15) is 28.4 Å². The monoisotopic (exact) mass is 333 g/mol. The van der Waals surface area contributed by atoms with Gasteiger partial charge in [0, 0.05) is 11.6 Å². The Labute approximate surface area is 144 Å². The van der Waals surface area contributed by atoms with E-state index in [0.717, 1.165) is 11.3 Å². The fraction of sp³-hybridized carbons (Fsp3) is 0.105. The predicted molar refractivity (Wildman–Crippen MR) is 91.4 cm³/mol. The summed E-state index contributed by atoms with van der Waals surface area (Å²) < 4.78 is 6.96. The molecule has 2 heterocycles. The van der Waals surface area contributed by atoms with Crippen molar-refractivity contribution in [1.29, 1.82) is 0 Å². The van der Waals surface area contributed by atoms with Crippen LogP contribution >= 0.6 is 0 Å². The maximum absolute atomic E-state index is 12.4. The molecule has 1 amide bonds. The second kappa shape index (κ2) is 6.24. The Morgan fingerprint density at radius 3 is 2.68 bits per heavy atom. The molecule has 1 aromatic heterocycles. The van der Waals surface area contributed by atoms with Crippen molar-refractivity contribution in [3.63, 3.8) is 0 Å². The number of anilines is 1. The smallest absolute Gasteiger partial charge is 0.339 e. The number of para-hydroxylation sites is 1. The first-order valence-electron chi connectivity index (χ1n) is 7.91. The lowest BCUT2D eigenvalue weighted by atomic mass is 10.0. The van der Waals surface area contributed by atoms with Crippen molar-refractivity contribution in [2.45, 2.75) is 12.5 Å². The highest BCUT2D eigenvalue weighted by Crippen LogP contribution is 2.33. The highest BCUT2D eigenvalue weighted by atomic mass is 16.5. The molecule has 0 saturated heterocycles. The number of ether oxygens (including phenoxy) is 1. The van der Waals surface area contributed by atoms with E-state index in [4.69, 9.17) is 4.74 Å². The lowest BCUT2D eigenvalue weighted by molar-refractivity contribution is -0.118. The number of hydrogen-bond donors (Lipinski definition) is 1. The maximum atomic E-state index is 12.4. The molecule has 0 aliphatic carbocycles. The van der Waals surface area contributed by atoms with Gasteiger partial charge in [0.1, 0.15) is 11.9 Å². The molecule has 1 atom stereocenters. The van der Waals surface area contributed by atoms with E-state index in [2.05, 4.69) is 10.4 Å². The van der Waals surface area contributed by atoms with Gasteiger partial charge in [0.2, 0.25) is 5.91 Å². The van der Waals surface area contributed by atoms with Crippen molar-refractivity contribution in [1.82, 2.24) is 9.78 Å². The maximum Gasteiger partial charge on any atom is 0.339 e. The number of amides is 1. The van der Waals surface area contributed by atoms with Crippen molar-refractivity contribution in [3.05, 3.63) is 78.0 Å². The van der Waals surface area contributed by atoms with E-state index in [-0.39, 0.29) is 18.3 Å². The first kappa shape index (κ1) is 15.1. The molecule has 0 radical (unpaired) electrons. The van der Waals surface area contributed by atoms with E-state index in [1.807, 2.05) is 42.5 Å². The molecule has 1 aliphatic rings. The predicted octanol–water partition coefficient (Wildman–Crippen LogP) is 3.11. The third kappa shape index (κ3) is 2.89. The van der Waals surface area contributed by atoms with Gasteiger partial charge >= 0.3 is 5.97 Å². The number of carbonyl (C=O) groups excluding carboxylic acids is 2. The number of cyclic esters (lactones) is 1. The van der Waals surface area contributed by atoms with E-state index >= 15 is 0 Å². The summed E-state index contributed by atoms with van der Waals surface area (Å²) in [6.07, 6.45) is 1.12. The quantitative estimate of drug-likeness (QED) is 0.745. The van der Waals surface area contributed by atoms with Crippen LogP contribution in [0.4, 0.5) is 5.82 Å². The van der Waals surface area contributed by atoms with Gasteiger partial charge in [0.15, 0.2) is 0 Å². The normalized spacial score (nSPS) is 15.5. The molecule has 6 nitrogen and oxygen atoms in total. The molecule has 0 saturated carbocycles. The van der Waals surface area contributed by atoms with Crippen molar-refractivity contribution in [2.75, 3.05) is 5.32 Å². The number of rotatable bonds is 4. The second-order valence-corrected chi connectivity index (χ2v) is 5.70. The summed E-state index contributed by atoms with van der Waals surface area (Å²) in [4.78, 5) is 24.3. The second-order valence-electron chi connectivity index (χ2n) is 5.70. The summed E-state index contributed by atoms with van der Waals surface area (Å²) in [5.74, 6) is -0.0660. The SMILES string of the molecule is O=C(C[C@H]1OC(=O)c2ccccc21)Nc1ccnn1-c1ccccc1. The first-order valence-corrected chi connectivity index (χ1v) is 7.91. The summed E-state index contributed by atoms with van der Waals surface area (Å²) in [7, 11) is 0. The van der Waals surface area contributed by atoms with Crippen LogP contribution in [-0.4, -0.2) is 21.7 Å². The third-order valence-electron chi connectivity index (χ3n) is 4.06. The fourth-order valence-corrected chi connectivity index (χ4v) is 2.91. The van der Waals surface area contributed by atoms with E-state index < -0.39 is 6.10 Å². The van der Waals surface area contributed by atoms with Crippen molar-refractivity contribution < 1.29 is 14.3 Å². The van der Waals surface area contributed by atoms with Crippen molar-refractivity contribution in [3.8, 4) is 5.69 Å². The highest BCUT2D eigenvalue weighted by molar-refractivity contribution is 5.96. The van der Waals surface area contributed by atoms with Crippen LogP contribution in [0.3, 0.4) is 0 Å². The number of benzene rings is 2.